The monoisotopic (exact) mass is 341 g/mol. The molecular formula is C15H23N3O4S. The largest absolute Gasteiger partial charge is 0.474 e. The minimum atomic E-state index is -3.30. The van der Waals surface area contributed by atoms with Gasteiger partial charge in [0.2, 0.25) is 21.8 Å². The van der Waals surface area contributed by atoms with Crippen molar-refractivity contribution in [3.05, 3.63) is 18.3 Å². The second-order valence-corrected chi connectivity index (χ2v) is 7.46. The molecule has 7 nitrogen and oxygen atoms in total. The maximum Gasteiger partial charge on any atom is 0.229 e. The molecule has 1 saturated heterocycles. The van der Waals surface area contributed by atoms with Gasteiger partial charge in [0.25, 0.3) is 0 Å². The number of carbonyl (C=O) groups excluding carboxylic acids is 1. The predicted molar refractivity (Wildman–Crippen MR) is 87.8 cm³/mol. The fourth-order valence-corrected chi connectivity index (χ4v) is 3.04. The first-order chi connectivity index (χ1) is 10.9. The molecule has 0 aromatic carbocycles. The number of nitrogens with zero attached hydrogens (tertiary/aromatic N) is 2. The number of anilines is 1. The quantitative estimate of drug-likeness (QED) is 0.849. The van der Waals surface area contributed by atoms with Crippen LogP contribution in [0.4, 0.5) is 5.69 Å². The third-order valence-corrected chi connectivity index (χ3v) is 4.19. The number of likely N-dealkylation sites (tertiary alicyclic amines) is 1. The zero-order chi connectivity index (χ0) is 16.9. The van der Waals surface area contributed by atoms with E-state index in [4.69, 9.17) is 4.74 Å². The second-order valence-electron chi connectivity index (χ2n) is 5.71. The number of aromatic nitrogens is 1. The fraction of sp³-hybridized carbons (Fsp3) is 0.600. The van der Waals surface area contributed by atoms with Crippen molar-refractivity contribution in [1.82, 2.24) is 9.88 Å². The van der Waals surface area contributed by atoms with Crippen molar-refractivity contribution in [1.29, 1.82) is 0 Å². The highest BCUT2D eigenvalue weighted by Crippen LogP contribution is 2.19. The van der Waals surface area contributed by atoms with Crippen molar-refractivity contribution < 1.29 is 17.9 Å². The van der Waals surface area contributed by atoms with Crippen molar-refractivity contribution in [3.8, 4) is 5.88 Å². The number of nitrogens with one attached hydrogen (secondary N) is 1. The molecule has 0 bridgehead atoms. The van der Waals surface area contributed by atoms with Crippen molar-refractivity contribution in [3.63, 3.8) is 0 Å². The molecule has 8 heteroatoms. The minimum absolute atomic E-state index is 0.0295. The summed E-state index contributed by atoms with van der Waals surface area (Å²) in [5.74, 6) is 0.669. The van der Waals surface area contributed by atoms with Crippen molar-refractivity contribution in [2.75, 3.05) is 24.1 Å². The highest BCUT2D eigenvalue weighted by atomic mass is 32.2. The number of rotatable bonds is 6. The molecule has 1 aromatic rings. The van der Waals surface area contributed by atoms with E-state index in [2.05, 4.69) is 9.71 Å². The summed E-state index contributed by atoms with van der Waals surface area (Å²) in [6.07, 6.45) is 5.57. The summed E-state index contributed by atoms with van der Waals surface area (Å²) in [4.78, 5) is 17.8. The SMILES string of the molecule is CCCC(=O)N1CCC(Oc2ccc(NS(C)(=O)=O)cn2)CC1. The molecule has 2 rings (SSSR count). The molecule has 0 aliphatic carbocycles. The Kier molecular flexibility index (Phi) is 5.81. The van der Waals surface area contributed by atoms with Crippen LogP contribution < -0.4 is 9.46 Å². The average Bonchev–Trinajstić information content (AvgIpc) is 2.49. The number of hydrogen-bond acceptors (Lipinski definition) is 5. The molecule has 1 aliphatic rings. The Bertz CT molecular complexity index is 623. The van der Waals surface area contributed by atoms with Crippen LogP contribution in [0, 0.1) is 0 Å². The van der Waals surface area contributed by atoms with Crippen LogP contribution in [0.25, 0.3) is 0 Å². The Balaban J connectivity index is 1.83. The molecule has 1 aliphatic heterocycles. The van der Waals surface area contributed by atoms with Gasteiger partial charge in [0.05, 0.1) is 18.1 Å². The average molecular weight is 341 g/mol. The van der Waals surface area contributed by atoms with Crippen LogP contribution in [0.2, 0.25) is 0 Å². The third kappa shape index (κ3) is 5.70. The summed E-state index contributed by atoms with van der Waals surface area (Å²) in [6, 6.07) is 3.26. The lowest BCUT2D eigenvalue weighted by molar-refractivity contribution is -0.133. The molecule has 0 unspecified atom stereocenters. The summed E-state index contributed by atoms with van der Waals surface area (Å²) in [5, 5.41) is 0. The Morgan fingerprint density at radius 2 is 2.09 bits per heavy atom. The first kappa shape index (κ1) is 17.5. The molecular weight excluding hydrogens is 318 g/mol. The van der Waals surface area contributed by atoms with Crippen molar-refractivity contribution in [2.24, 2.45) is 0 Å². The molecule has 0 spiro atoms. The van der Waals surface area contributed by atoms with Gasteiger partial charge < -0.3 is 9.64 Å². The van der Waals surface area contributed by atoms with Gasteiger partial charge in [0.15, 0.2) is 0 Å². The van der Waals surface area contributed by atoms with E-state index in [1.807, 2.05) is 11.8 Å². The van der Waals surface area contributed by atoms with E-state index in [1.54, 1.807) is 12.1 Å². The molecule has 128 valence electrons. The Labute approximate surface area is 137 Å². The van der Waals surface area contributed by atoms with Crippen LogP contribution in [-0.2, 0) is 14.8 Å². The van der Waals surface area contributed by atoms with Gasteiger partial charge in [-0.3, -0.25) is 9.52 Å². The lowest BCUT2D eigenvalue weighted by atomic mass is 10.1. The van der Waals surface area contributed by atoms with E-state index >= 15 is 0 Å². The smallest absolute Gasteiger partial charge is 0.229 e. The van der Waals surface area contributed by atoms with Crippen LogP contribution in [0.5, 0.6) is 5.88 Å². The standard InChI is InChI=1S/C15H23N3O4S/c1-3-4-15(19)18-9-7-13(8-10-18)22-14-6-5-12(11-16-14)17-23(2,20)21/h5-6,11,13,17H,3-4,7-10H2,1-2H3. The fourth-order valence-electron chi connectivity index (χ4n) is 2.49. The van der Waals surface area contributed by atoms with Gasteiger partial charge in [0.1, 0.15) is 6.10 Å². The summed E-state index contributed by atoms with van der Waals surface area (Å²) in [7, 11) is -3.30. The summed E-state index contributed by atoms with van der Waals surface area (Å²) >= 11 is 0. The first-order valence-corrected chi connectivity index (χ1v) is 9.65. The number of sulfonamides is 1. The summed E-state index contributed by atoms with van der Waals surface area (Å²) in [6.45, 7) is 3.41. The summed E-state index contributed by atoms with van der Waals surface area (Å²) < 4.78 is 30.4. The molecule has 0 atom stereocenters. The Morgan fingerprint density at radius 3 is 2.61 bits per heavy atom. The normalized spacial score (nSPS) is 16.2. The van der Waals surface area contributed by atoms with E-state index in [1.165, 1.54) is 6.20 Å². The van der Waals surface area contributed by atoms with Gasteiger partial charge >= 0.3 is 0 Å². The van der Waals surface area contributed by atoms with Gasteiger partial charge in [-0.25, -0.2) is 13.4 Å². The van der Waals surface area contributed by atoms with Crippen molar-refractivity contribution >= 4 is 21.6 Å². The number of pyridine rings is 1. The topological polar surface area (TPSA) is 88.6 Å². The molecule has 1 fully saturated rings. The maximum atomic E-state index is 11.8. The van der Waals surface area contributed by atoms with Crippen LogP contribution in [0.3, 0.4) is 0 Å². The zero-order valence-electron chi connectivity index (χ0n) is 13.5. The molecule has 0 radical (unpaired) electrons. The predicted octanol–water partition coefficient (Wildman–Crippen LogP) is 1.62. The minimum Gasteiger partial charge on any atom is -0.474 e. The van der Waals surface area contributed by atoms with E-state index in [0.29, 0.717) is 31.1 Å². The number of ether oxygens (including phenoxy) is 1. The molecule has 0 saturated carbocycles. The van der Waals surface area contributed by atoms with E-state index in [0.717, 1.165) is 25.5 Å². The number of carbonyl (C=O) groups is 1. The number of hydrogen-bond donors (Lipinski definition) is 1. The zero-order valence-corrected chi connectivity index (χ0v) is 14.3. The number of amides is 1. The van der Waals surface area contributed by atoms with Gasteiger partial charge in [0, 0.05) is 38.4 Å². The Morgan fingerprint density at radius 1 is 1.39 bits per heavy atom. The molecule has 1 amide bonds. The Hall–Kier alpha value is -1.83. The van der Waals surface area contributed by atoms with Gasteiger partial charge in [-0.2, -0.15) is 0 Å². The van der Waals surface area contributed by atoms with Crippen LogP contribution in [0.15, 0.2) is 18.3 Å². The van der Waals surface area contributed by atoms with Crippen LogP contribution >= 0.6 is 0 Å². The highest BCUT2D eigenvalue weighted by Gasteiger charge is 2.23. The van der Waals surface area contributed by atoms with E-state index in [-0.39, 0.29) is 12.0 Å². The van der Waals surface area contributed by atoms with Gasteiger partial charge in [-0.05, 0) is 12.5 Å². The second kappa shape index (κ2) is 7.63. The maximum absolute atomic E-state index is 11.8. The molecule has 2 heterocycles. The van der Waals surface area contributed by atoms with Gasteiger partial charge in [-0.1, -0.05) is 6.92 Å². The highest BCUT2D eigenvalue weighted by molar-refractivity contribution is 7.92. The molecule has 1 aromatic heterocycles. The van der Waals surface area contributed by atoms with Crippen molar-refractivity contribution in [2.45, 2.75) is 38.7 Å². The van der Waals surface area contributed by atoms with E-state index in [9.17, 15) is 13.2 Å². The van der Waals surface area contributed by atoms with Gasteiger partial charge in [-0.15, -0.1) is 0 Å². The lowest BCUT2D eigenvalue weighted by Crippen LogP contribution is -2.41. The molecule has 23 heavy (non-hydrogen) atoms. The third-order valence-electron chi connectivity index (χ3n) is 3.59. The molecule has 1 N–H and O–H groups in total. The summed E-state index contributed by atoms with van der Waals surface area (Å²) in [5.41, 5.74) is 0.403. The lowest BCUT2D eigenvalue weighted by Gasteiger charge is -2.32. The van der Waals surface area contributed by atoms with E-state index < -0.39 is 10.0 Å². The van der Waals surface area contributed by atoms with Crippen LogP contribution in [-0.4, -0.2) is 49.7 Å². The van der Waals surface area contributed by atoms with Crippen LogP contribution in [0.1, 0.15) is 32.6 Å². The number of piperidine rings is 1. The first-order valence-electron chi connectivity index (χ1n) is 7.75.